The van der Waals surface area contributed by atoms with Crippen LogP contribution in [0.25, 0.3) is 0 Å². The number of hydroxylamine groups is 1. The molecule has 0 aliphatic carbocycles. The van der Waals surface area contributed by atoms with Crippen LogP contribution in [0.3, 0.4) is 0 Å². The second kappa shape index (κ2) is 9.14. The summed E-state index contributed by atoms with van der Waals surface area (Å²) in [6, 6.07) is 14.0. The van der Waals surface area contributed by atoms with E-state index in [1.807, 2.05) is 35.2 Å². The Hall–Kier alpha value is -2.93. The van der Waals surface area contributed by atoms with Crippen molar-refractivity contribution in [3.05, 3.63) is 69.8 Å². The second-order valence-corrected chi connectivity index (χ2v) is 6.57. The Balaban J connectivity index is 1.69. The van der Waals surface area contributed by atoms with Crippen LogP contribution in [0.4, 0.5) is 11.4 Å². The lowest BCUT2D eigenvalue weighted by atomic mass is 10.1. The van der Waals surface area contributed by atoms with Gasteiger partial charge >= 0.3 is 0 Å². The fraction of sp³-hybridized carbons (Fsp3) is 0.350. The quantitative estimate of drug-likeness (QED) is 0.618. The Labute approximate surface area is 158 Å². The van der Waals surface area contributed by atoms with Gasteiger partial charge in [-0.2, -0.15) is 0 Å². The van der Waals surface area contributed by atoms with E-state index in [-0.39, 0.29) is 17.9 Å². The first kappa shape index (κ1) is 18.8. The molecule has 3 rings (SSSR count). The molecule has 27 heavy (non-hydrogen) atoms. The molecule has 1 heterocycles. The monoisotopic (exact) mass is 369 g/mol. The van der Waals surface area contributed by atoms with Gasteiger partial charge in [0.05, 0.1) is 11.5 Å². The number of nitro benzene ring substituents is 1. The Kier molecular flexibility index (Phi) is 6.38. The van der Waals surface area contributed by atoms with Crippen molar-refractivity contribution in [2.45, 2.75) is 32.3 Å². The first-order valence-corrected chi connectivity index (χ1v) is 9.14. The van der Waals surface area contributed by atoms with E-state index in [0.717, 1.165) is 44.3 Å². The average Bonchev–Trinajstić information content (AvgIpc) is 2.97. The Morgan fingerprint density at radius 3 is 2.44 bits per heavy atom. The Morgan fingerprint density at radius 1 is 1.07 bits per heavy atom. The lowest BCUT2D eigenvalue weighted by Gasteiger charge is -2.22. The van der Waals surface area contributed by atoms with Crippen LogP contribution in [0.2, 0.25) is 0 Å². The number of nitrogens with one attached hydrogen (secondary N) is 1. The molecule has 1 amide bonds. The summed E-state index contributed by atoms with van der Waals surface area (Å²) < 4.78 is 0. The highest BCUT2D eigenvalue weighted by Gasteiger charge is 2.22. The molecular weight excluding hydrogens is 346 g/mol. The average molecular weight is 369 g/mol. The second-order valence-electron chi connectivity index (χ2n) is 6.57. The number of anilines is 1. The van der Waals surface area contributed by atoms with Crippen LogP contribution in [-0.4, -0.2) is 23.9 Å². The van der Waals surface area contributed by atoms with Crippen molar-refractivity contribution >= 4 is 17.3 Å². The summed E-state index contributed by atoms with van der Waals surface area (Å²) >= 11 is 0. The fourth-order valence-corrected chi connectivity index (χ4v) is 3.21. The molecule has 1 aliphatic heterocycles. The molecular formula is C20H23N3O4. The lowest BCUT2D eigenvalue weighted by Crippen LogP contribution is -2.26. The van der Waals surface area contributed by atoms with Gasteiger partial charge in [-0.15, -0.1) is 0 Å². The van der Waals surface area contributed by atoms with Crippen LogP contribution in [-0.2, 0) is 11.4 Å². The largest absolute Gasteiger partial charge is 0.366 e. The molecule has 2 aromatic carbocycles. The Morgan fingerprint density at radius 2 is 1.78 bits per heavy atom. The summed E-state index contributed by atoms with van der Waals surface area (Å²) in [5, 5.41) is 11.5. The first-order valence-electron chi connectivity index (χ1n) is 9.14. The number of nitrogens with zero attached hydrogens (tertiary/aromatic N) is 2. The van der Waals surface area contributed by atoms with E-state index in [9.17, 15) is 14.9 Å². The normalized spacial score (nSPS) is 14.4. The maximum absolute atomic E-state index is 12.3. The standard InChI is InChI=1S/C20H23N3O4/c24-20(21-27-15-16-8-4-3-5-9-16)17-10-11-18(19(14-17)23(25)26)22-12-6-1-2-7-13-22/h3-5,8-11,14H,1-2,6-7,12-13,15H2,(H,21,24). The minimum Gasteiger partial charge on any atom is -0.366 e. The topological polar surface area (TPSA) is 84.7 Å². The van der Waals surface area contributed by atoms with Gasteiger partial charge < -0.3 is 4.90 Å². The molecule has 7 heteroatoms. The minimum absolute atomic E-state index is 0.0485. The predicted octanol–water partition coefficient (Wildman–Crippen LogP) is 3.84. The van der Waals surface area contributed by atoms with Gasteiger partial charge in [-0.1, -0.05) is 43.2 Å². The smallest absolute Gasteiger partial charge is 0.293 e. The number of amides is 1. The van der Waals surface area contributed by atoms with Crippen molar-refractivity contribution in [1.82, 2.24) is 5.48 Å². The molecule has 7 nitrogen and oxygen atoms in total. The third-order valence-electron chi connectivity index (χ3n) is 4.63. The molecule has 0 saturated carbocycles. The van der Waals surface area contributed by atoms with Crippen LogP contribution in [0.15, 0.2) is 48.5 Å². The third-order valence-corrected chi connectivity index (χ3v) is 4.63. The van der Waals surface area contributed by atoms with E-state index in [1.165, 1.54) is 6.07 Å². The van der Waals surface area contributed by atoms with Gasteiger partial charge in [-0.3, -0.25) is 19.7 Å². The molecule has 1 N–H and O–H groups in total. The molecule has 0 unspecified atom stereocenters. The summed E-state index contributed by atoms with van der Waals surface area (Å²) in [6.45, 7) is 1.82. The van der Waals surface area contributed by atoms with Crippen molar-refractivity contribution in [3.8, 4) is 0 Å². The first-order chi connectivity index (χ1) is 13.1. The Bertz CT molecular complexity index is 787. The zero-order chi connectivity index (χ0) is 19.1. The molecule has 0 spiro atoms. The van der Waals surface area contributed by atoms with Crippen molar-refractivity contribution in [1.29, 1.82) is 0 Å². The number of carbonyl (C=O) groups excluding carboxylic acids is 1. The van der Waals surface area contributed by atoms with E-state index < -0.39 is 10.8 Å². The number of benzene rings is 2. The highest BCUT2D eigenvalue weighted by molar-refractivity contribution is 5.95. The fourth-order valence-electron chi connectivity index (χ4n) is 3.21. The SMILES string of the molecule is O=C(NOCc1ccccc1)c1ccc(N2CCCCCC2)c([N+](=O)[O-])c1. The molecule has 0 bridgehead atoms. The van der Waals surface area contributed by atoms with Crippen LogP contribution >= 0.6 is 0 Å². The maximum Gasteiger partial charge on any atom is 0.293 e. The van der Waals surface area contributed by atoms with Gasteiger partial charge in [0.15, 0.2) is 0 Å². The molecule has 1 saturated heterocycles. The van der Waals surface area contributed by atoms with Gasteiger partial charge in [0, 0.05) is 24.7 Å². The molecule has 142 valence electrons. The zero-order valence-corrected chi connectivity index (χ0v) is 15.1. The van der Waals surface area contributed by atoms with E-state index in [1.54, 1.807) is 12.1 Å². The van der Waals surface area contributed by atoms with E-state index in [0.29, 0.717) is 5.69 Å². The molecule has 0 radical (unpaired) electrons. The van der Waals surface area contributed by atoms with Gasteiger partial charge in [0.25, 0.3) is 11.6 Å². The third kappa shape index (κ3) is 5.04. The predicted molar refractivity (Wildman–Crippen MR) is 102 cm³/mol. The van der Waals surface area contributed by atoms with Gasteiger partial charge in [-0.05, 0) is 30.5 Å². The molecule has 1 fully saturated rings. The van der Waals surface area contributed by atoms with Gasteiger partial charge in [0.1, 0.15) is 5.69 Å². The van der Waals surface area contributed by atoms with E-state index in [2.05, 4.69) is 5.48 Å². The zero-order valence-electron chi connectivity index (χ0n) is 15.1. The van der Waals surface area contributed by atoms with Crippen molar-refractivity contribution < 1.29 is 14.6 Å². The van der Waals surface area contributed by atoms with Crippen molar-refractivity contribution in [3.63, 3.8) is 0 Å². The number of nitro groups is 1. The maximum atomic E-state index is 12.3. The highest BCUT2D eigenvalue weighted by Crippen LogP contribution is 2.31. The summed E-state index contributed by atoms with van der Waals surface area (Å²) in [5.41, 5.74) is 3.99. The van der Waals surface area contributed by atoms with Crippen molar-refractivity contribution in [2.75, 3.05) is 18.0 Å². The summed E-state index contributed by atoms with van der Waals surface area (Å²) in [6.07, 6.45) is 4.33. The molecule has 0 atom stereocenters. The number of hydrogen-bond donors (Lipinski definition) is 1. The summed E-state index contributed by atoms with van der Waals surface area (Å²) in [5.74, 6) is -0.503. The van der Waals surface area contributed by atoms with Crippen LogP contribution in [0.5, 0.6) is 0 Å². The molecule has 0 aromatic heterocycles. The van der Waals surface area contributed by atoms with Gasteiger partial charge in [0.2, 0.25) is 0 Å². The molecule has 1 aliphatic rings. The van der Waals surface area contributed by atoms with E-state index in [4.69, 9.17) is 4.84 Å². The van der Waals surface area contributed by atoms with E-state index >= 15 is 0 Å². The molecule has 2 aromatic rings. The van der Waals surface area contributed by atoms with Crippen LogP contribution < -0.4 is 10.4 Å². The summed E-state index contributed by atoms with van der Waals surface area (Å²) in [7, 11) is 0. The number of rotatable bonds is 6. The highest BCUT2D eigenvalue weighted by atomic mass is 16.7. The minimum atomic E-state index is -0.503. The van der Waals surface area contributed by atoms with Crippen molar-refractivity contribution in [2.24, 2.45) is 0 Å². The number of hydrogen-bond acceptors (Lipinski definition) is 5. The van der Waals surface area contributed by atoms with Gasteiger partial charge in [-0.25, -0.2) is 5.48 Å². The van der Waals surface area contributed by atoms with Crippen LogP contribution in [0.1, 0.15) is 41.6 Å². The van der Waals surface area contributed by atoms with Crippen LogP contribution in [0, 0.1) is 10.1 Å². The lowest BCUT2D eigenvalue weighted by molar-refractivity contribution is -0.384. The summed E-state index contributed by atoms with van der Waals surface area (Å²) in [4.78, 5) is 30.7. The number of carbonyl (C=O) groups is 1.